The van der Waals surface area contributed by atoms with E-state index in [1.807, 2.05) is 32.0 Å². The van der Waals surface area contributed by atoms with Gasteiger partial charge in [-0.25, -0.2) is 10.8 Å². The maximum atomic E-state index is 12.1. The summed E-state index contributed by atoms with van der Waals surface area (Å²) in [6.07, 6.45) is 1.48. The lowest BCUT2D eigenvalue weighted by Gasteiger charge is -2.10. The van der Waals surface area contributed by atoms with Crippen LogP contribution >= 0.6 is 0 Å². The van der Waals surface area contributed by atoms with Crippen LogP contribution in [0.15, 0.2) is 36.5 Å². The molecule has 1 aromatic heterocycles. The van der Waals surface area contributed by atoms with Crippen molar-refractivity contribution < 1.29 is 4.79 Å². The Labute approximate surface area is 111 Å². The highest BCUT2D eigenvalue weighted by molar-refractivity contribution is 6.04. The van der Waals surface area contributed by atoms with E-state index >= 15 is 0 Å². The number of aromatic nitrogens is 1. The number of anilines is 2. The summed E-state index contributed by atoms with van der Waals surface area (Å²) in [6.45, 7) is 3.99. The largest absolute Gasteiger partial charge is 0.322 e. The van der Waals surface area contributed by atoms with E-state index in [2.05, 4.69) is 15.7 Å². The van der Waals surface area contributed by atoms with E-state index in [9.17, 15) is 4.79 Å². The van der Waals surface area contributed by atoms with E-state index < -0.39 is 0 Å². The molecular formula is C14H16N4O. The van der Waals surface area contributed by atoms with Crippen molar-refractivity contribution in [3.8, 4) is 0 Å². The van der Waals surface area contributed by atoms with E-state index in [1.165, 1.54) is 6.20 Å². The second kappa shape index (κ2) is 5.49. The van der Waals surface area contributed by atoms with Gasteiger partial charge in [-0.3, -0.25) is 4.79 Å². The Morgan fingerprint density at radius 2 is 2.00 bits per heavy atom. The molecule has 0 fully saturated rings. The summed E-state index contributed by atoms with van der Waals surface area (Å²) in [5, 5.41) is 2.87. The lowest BCUT2D eigenvalue weighted by molar-refractivity contribution is 0.102. The van der Waals surface area contributed by atoms with Gasteiger partial charge in [-0.15, -0.1) is 0 Å². The Kier molecular flexibility index (Phi) is 3.77. The number of nitrogens with two attached hydrogens (primary N) is 1. The molecule has 0 unspecified atom stereocenters. The Morgan fingerprint density at radius 1 is 1.21 bits per heavy atom. The van der Waals surface area contributed by atoms with Crippen LogP contribution in [0.5, 0.6) is 0 Å². The van der Waals surface area contributed by atoms with Crippen molar-refractivity contribution in [1.29, 1.82) is 0 Å². The molecule has 0 saturated heterocycles. The van der Waals surface area contributed by atoms with Crippen LogP contribution in [0.3, 0.4) is 0 Å². The number of pyridine rings is 1. The fourth-order valence-electron chi connectivity index (χ4n) is 1.69. The first-order chi connectivity index (χ1) is 9.11. The molecule has 1 heterocycles. The normalized spacial score (nSPS) is 10.1. The molecule has 1 aromatic carbocycles. The summed E-state index contributed by atoms with van der Waals surface area (Å²) in [4.78, 5) is 16.1. The number of carbonyl (C=O) groups excluding carboxylic acids is 1. The SMILES string of the molecule is Cc1cccc(NC(=O)c2ccc(NN)nc2)c1C. The van der Waals surface area contributed by atoms with Crippen molar-refractivity contribution in [3.05, 3.63) is 53.2 Å². The van der Waals surface area contributed by atoms with Gasteiger partial charge in [0.1, 0.15) is 5.82 Å². The fourth-order valence-corrected chi connectivity index (χ4v) is 1.69. The van der Waals surface area contributed by atoms with Crippen molar-refractivity contribution in [2.45, 2.75) is 13.8 Å². The molecule has 2 rings (SSSR count). The number of carbonyl (C=O) groups is 1. The zero-order valence-corrected chi connectivity index (χ0v) is 10.9. The van der Waals surface area contributed by atoms with Crippen LogP contribution in [0.1, 0.15) is 21.5 Å². The molecule has 19 heavy (non-hydrogen) atoms. The summed E-state index contributed by atoms with van der Waals surface area (Å²) in [7, 11) is 0. The molecule has 98 valence electrons. The first-order valence-electron chi connectivity index (χ1n) is 5.92. The Bertz CT molecular complexity index is 593. The van der Waals surface area contributed by atoms with Gasteiger partial charge >= 0.3 is 0 Å². The maximum Gasteiger partial charge on any atom is 0.257 e. The van der Waals surface area contributed by atoms with E-state index in [1.54, 1.807) is 12.1 Å². The number of hydrazine groups is 1. The zero-order valence-electron chi connectivity index (χ0n) is 10.9. The molecule has 2 aromatic rings. The number of nitrogens with zero attached hydrogens (tertiary/aromatic N) is 1. The first-order valence-corrected chi connectivity index (χ1v) is 5.92. The third kappa shape index (κ3) is 2.89. The number of amides is 1. The Balaban J connectivity index is 2.18. The zero-order chi connectivity index (χ0) is 13.8. The van der Waals surface area contributed by atoms with Crippen LogP contribution in [-0.4, -0.2) is 10.9 Å². The summed E-state index contributed by atoms with van der Waals surface area (Å²) >= 11 is 0. The topological polar surface area (TPSA) is 80.0 Å². The highest BCUT2D eigenvalue weighted by Gasteiger charge is 2.08. The predicted octanol–water partition coefficient (Wildman–Crippen LogP) is 2.24. The van der Waals surface area contributed by atoms with Crippen molar-refractivity contribution in [2.75, 3.05) is 10.7 Å². The molecule has 1 amide bonds. The molecule has 5 heteroatoms. The average molecular weight is 256 g/mol. The molecule has 0 aliphatic rings. The fraction of sp³-hybridized carbons (Fsp3) is 0.143. The Morgan fingerprint density at radius 3 is 2.63 bits per heavy atom. The van der Waals surface area contributed by atoms with Gasteiger partial charge in [-0.05, 0) is 43.2 Å². The number of aryl methyl sites for hydroxylation is 1. The van der Waals surface area contributed by atoms with Crippen LogP contribution in [0.4, 0.5) is 11.5 Å². The van der Waals surface area contributed by atoms with Crippen molar-refractivity contribution in [1.82, 2.24) is 4.98 Å². The monoisotopic (exact) mass is 256 g/mol. The van der Waals surface area contributed by atoms with E-state index in [4.69, 9.17) is 5.84 Å². The van der Waals surface area contributed by atoms with Gasteiger partial charge in [0, 0.05) is 11.9 Å². The summed E-state index contributed by atoms with van der Waals surface area (Å²) in [5.41, 5.74) is 5.91. The Hall–Kier alpha value is -2.40. The van der Waals surface area contributed by atoms with Crippen molar-refractivity contribution >= 4 is 17.4 Å². The minimum absolute atomic E-state index is 0.190. The van der Waals surface area contributed by atoms with Crippen molar-refractivity contribution in [2.24, 2.45) is 5.84 Å². The van der Waals surface area contributed by atoms with Crippen LogP contribution in [-0.2, 0) is 0 Å². The van der Waals surface area contributed by atoms with E-state index in [-0.39, 0.29) is 5.91 Å². The highest BCUT2D eigenvalue weighted by Crippen LogP contribution is 2.18. The van der Waals surface area contributed by atoms with Crippen LogP contribution in [0, 0.1) is 13.8 Å². The molecular weight excluding hydrogens is 240 g/mol. The summed E-state index contributed by atoms with van der Waals surface area (Å²) in [5.74, 6) is 5.55. The van der Waals surface area contributed by atoms with Gasteiger partial charge in [0.25, 0.3) is 5.91 Å². The highest BCUT2D eigenvalue weighted by atomic mass is 16.1. The second-order valence-electron chi connectivity index (χ2n) is 4.28. The predicted molar refractivity (Wildman–Crippen MR) is 75.9 cm³/mol. The third-order valence-corrected chi connectivity index (χ3v) is 3.03. The minimum Gasteiger partial charge on any atom is -0.322 e. The number of hydrogen-bond acceptors (Lipinski definition) is 4. The number of nitrogens with one attached hydrogen (secondary N) is 2. The summed E-state index contributed by atoms with van der Waals surface area (Å²) in [6, 6.07) is 9.12. The number of hydrogen-bond donors (Lipinski definition) is 3. The molecule has 0 spiro atoms. The number of rotatable bonds is 3. The molecule has 0 aliphatic carbocycles. The van der Waals surface area contributed by atoms with Gasteiger partial charge < -0.3 is 10.7 Å². The number of nitrogen functional groups attached to an aromatic ring is 1. The number of benzene rings is 1. The van der Waals surface area contributed by atoms with Crippen LogP contribution < -0.4 is 16.6 Å². The minimum atomic E-state index is -0.190. The van der Waals surface area contributed by atoms with Crippen LogP contribution in [0.25, 0.3) is 0 Å². The molecule has 0 saturated carbocycles. The van der Waals surface area contributed by atoms with Gasteiger partial charge in [-0.2, -0.15) is 0 Å². The van der Waals surface area contributed by atoms with Gasteiger partial charge in [0.05, 0.1) is 5.56 Å². The standard InChI is InChI=1S/C14H16N4O/c1-9-4-3-5-12(10(9)2)17-14(19)11-6-7-13(18-15)16-8-11/h3-8H,15H2,1-2H3,(H,16,18)(H,17,19). The van der Waals surface area contributed by atoms with Gasteiger partial charge in [0.2, 0.25) is 0 Å². The third-order valence-electron chi connectivity index (χ3n) is 3.03. The maximum absolute atomic E-state index is 12.1. The summed E-state index contributed by atoms with van der Waals surface area (Å²) < 4.78 is 0. The molecule has 0 aliphatic heterocycles. The molecule has 4 N–H and O–H groups in total. The average Bonchev–Trinajstić information content (AvgIpc) is 2.44. The van der Waals surface area contributed by atoms with Gasteiger partial charge in [-0.1, -0.05) is 12.1 Å². The van der Waals surface area contributed by atoms with Crippen molar-refractivity contribution in [3.63, 3.8) is 0 Å². The van der Waals surface area contributed by atoms with E-state index in [0.717, 1.165) is 16.8 Å². The van der Waals surface area contributed by atoms with Crippen LogP contribution in [0.2, 0.25) is 0 Å². The molecule has 0 atom stereocenters. The quantitative estimate of drug-likeness (QED) is 0.581. The smallest absolute Gasteiger partial charge is 0.257 e. The lowest BCUT2D eigenvalue weighted by Crippen LogP contribution is -2.14. The molecule has 5 nitrogen and oxygen atoms in total. The first kappa shape index (κ1) is 13.0. The van der Waals surface area contributed by atoms with E-state index in [0.29, 0.717) is 11.4 Å². The second-order valence-corrected chi connectivity index (χ2v) is 4.28. The van der Waals surface area contributed by atoms with Gasteiger partial charge in [0.15, 0.2) is 0 Å². The molecule has 0 radical (unpaired) electrons. The molecule has 0 bridgehead atoms. The lowest BCUT2D eigenvalue weighted by atomic mass is 10.1.